The lowest BCUT2D eigenvalue weighted by Crippen LogP contribution is -2.43. The molecule has 0 aliphatic carbocycles. The Kier molecular flexibility index (Phi) is 9.36. The average molecular weight is 275 g/mol. The second-order valence-electron chi connectivity index (χ2n) is 6.38. The molecule has 2 nitrogen and oxygen atoms in total. The van der Waals surface area contributed by atoms with Gasteiger partial charge in [-0.3, -0.25) is 0 Å². The van der Waals surface area contributed by atoms with Gasteiger partial charge in [0.25, 0.3) is 0 Å². The summed E-state index contributed by atoms with van der Waals surface area (Å²) in [6, 6.07) is 1.30. The molecular formula is C15H34N2S. The summed E-state index contributed by atoms with van der Waals surface area (Å²) in [5.74, 6) is 1.27. The first-order valence-electron chi connectivity index (χ1n) is 7.25. The third kappa shape index (κ3) is 7.65. The van der Waals surface area contributed by atoms with Crippen LogP contribution in [-0.2, 0) is 0 Å². The van der Waals surface area contributed by atoms with Gasteiger partial charge in [-0.15, -0.1) is 0 Å². The Morgan fingerprint density at radius 1 is 1.22 bits per heavy atom. The average Bonchev–Trinajstić information content (AvgIpc) is 2.29. The van der Waals surface area contributed by atoms with Gasteiger partial charge in [-0.1, -0.05) is 27.7 Å². The first-order valence-corrected chi connectivity index (χ1v) is 8.64. The molecule has 0 aliphatic heterocycles. The molecule has 0 spiro atoms. The van der Waals surface area contributed by atoms with E-state index in [2.05, 4.69) is 58.1 Å². The lowest BCUT2D eigenvalue weighted by molar-refractivity contribution is 0.197. The van der Waals surface area contributed by atoms with Crippen molar-refractivity contribution >= 4 is 11.8 Å². The minimum atomic E-state index is 0.347. The lowest BCUT2D eigenvalue weighted by Gasteiger charge is -2.34. The highest BCUT2D eigenvalue weighted by molar-refractivity contribution is 7.98. The fourth-order valence-electron chi connectivity index (χ4n) is 2.15. The topological polar surface area (TPSA) is 15.3 Å². The van der Waals surface area contributed by atoms with Crippen molar-refractivity contribution in [2.45, 2.75) is 59.5 Å². The summed E-state index contributed by atoms with van der Waals surface area (Å²) >= 11 is 1.95. The molecule has 2 atom stereocenters. The highest BCUT2D eigenvalue weighted by atomic mass is 32.2. The molecule has 0 bridgehead atoms. The largest absolute Gasteiger partial charge is 0.314 e. The number of hydrogen-bond acceptors (Lipinski definition) is 3. The molecule has 2 unspecified atom stereocenters. The van der Waals surface area contributed by atoms with Crippen molar-refractivity contribution in [2.75, 3.05) is 32.1 Å². The van der Waals surface area contributed by atoms with E-state index in [1.807, 2.05) is 11.8 Å². The summed E-state index contributed by atoms with van der Waals surface area (Å²) in [5.41, 5.74) is 0.347. The molecule has 0 aromatic rings. The van der Waals surface area contributed by atoms with Gasteiger partial charge in [0.15, 0.2) is 0 Å². The van der Waals surface area contributed by atoms with Crippen molar-refractivity contribution in [1.82, 2.24) is 10.2 Å². The van der Waals surface area contributed by atoms with E-state index in [1.165, 1.54) is 25.1 Å². The number of nitrogens with zero attached hydrogens (tertiary/aromatic N) is 1. The van der Waals surface area contributed by atoms with Crippen molar-refractivity contribution in [2.24, 2.45) is 5.41 Å². The molecule has 0 rings (SSSR count). The summed E-state index contributed by atoms with van der Waals surface area (Å²) in [6.07, 6.45) is 4.71. The summed E-state index contributed by atoms with van der Waals surface area (Å²) in [5, 5.41) is 3.63. The maximum atomic E-state index is 3.63. The van der Waals surface area contributed by atoms with Crippen LogP contribution >= 0.6 is 11.8 Å². The molecule has 0 saturated heterocycles. The van der Waals surface area contributed by atoms with Crippen LogP contribution in [0.5, 0.6) is 0 Å². The van der Waals surface area contributed by atoms with Crippen molar-refractivity contribution in [3.05, 3.63) is 0 Å². The molecule has 0 fully saturated rings. The van der Waals surface area contributed by atoms with Gasteiger partial charge in [0, 0.05) is 12.1 Å². The van der Waals surface area contributed by atoms with Gasteiger partial charge in [-0.05, 0) is 57.3 Å². The smallest absolute Gasteiger partial charge is 0.0128 e. The predicted octanol–water partition coefficient (Wildman–Crippen LogP) is 3.47. The normalized spacial score (nSPS) is 16.0. The molecule has 1 N–H and O–H groups in total. The van der Waals surface area contributed by atoms with E-state index in [1.54, 1.807) is 0 Å². The number of hydrogen-bond donors (Lipinski definition) is 1. The molecule has 3 heteroatoms. The third-order valence-electron chi connectivity index (χ3n) is 3.76. The van der Waals surface area contributed by atoms with Crippen LogP contribution in [0.15, 0.2) is 0 Å². The van der Waals surface area contributed by atoms with E-state index in [0.717, 1.165) is 6.54 Å². The fourth-order valence-corrected chi connectivity index (χ4v) is 2.73. The number of nitrogens with one attached hydrogen (secondary N) is 1. The summed E-state index contributed by atoms with van der Waals surface area (Å²) < 4.78 is 0. The van der Waals surface area contributed by atoms with Gasteiger partial charge >= 0.3 is 0 Å². The Morgan fingerprint density at radius 2 is 1.83 bits per heavy atom. The van der Waals surface area contributed by atoms with Crippen LogP contribution in [0.2, 0.25) is 0 Å². The standard InChI is InChI=1S/C15H34N2S/c1-8-16-14(15(3,4)5)9-11-17(6)13(2)10-12-18-7/h13-14,16H,8-12H2,1-7H3. The first kappa shape index (κ1) is 18.3. The molecule has 110 valence electrons. The molecule has 0 aromatic carbocycles. The Bertz CT molecular complexity index is 201. The monoisotopic (exact) mass is 274 g/mol. The van der Waals surface area contributed by atoms with E-state index in [0.29, 0.717) is 17.5 Å². The Labute approximate surface area is 119 Å². The van der Waals surface area contributed by atoms with Gasteiger partial charge < -0.3 is 10.2 Å². The summed E-state index contributed by atoms with van der Waals surface area (Å²) in [4.78, 5) is 2.51. The Balaban J connectivity index is 4.10. The maximum Gasteiger partial charge on any atom is 0.0128 e. The van der Waals surface area contributed by atoms with E-state index in [4.69, 9.17) is 0 Å². The molecule has 18 heavy (non-hydrogen) atoms. The number of rotatable bonds is 9. The van der Waals surface area contributed by atoms with Gasteiger partial charge in [-0.25, -0.2) is 0 Å². The molecule has 0 radical (unpaired) electrons. The van der Waals surface area contributed by atoms with E-state index >= 15 is 0 Å². The van der Waals surface area contributed by atoms with Gasteiger partial charge in [-0.2, -0.15) is 11.8 Å². The zero-order valence-corrected chi connectivity index (χ0v) is 14.4. The van der Waals surface area contributed by atoms with Gasteiger partial charge in [0.05, 0.1) is 0 Å². The van der Waals surface area contributed by atoms with Gasteiger partial charge in [0.2, 0.25) is 0 Å². The minimum Gasteiger partial charge on any atom is -0.314 e. The molecule has 0 amide bonds. The van der Waals surface area contributed by atoms with Crippen molar-refractivity contribution in [1.29, 1.82) is 0 Å². The van der Waals surface area contributed by atoms with Gasteiger partial charge in [0.1, 0.15) is 0 Å². The number of thioether (sulfide) groups is 1. The Morgan fingerprint density at radius 3 is 2.28 bits per heavy atom. The van der Waals surface area contributed by atoms with Crippen LogP contribution in [0, 0.1) is 5.41 Å². The highest BCUT2D eigenvalue weighted by Crippen LogP contribution is 2.22. The maximum absolute atomic E-state index is 3.63. The second-order valence-corrected chi connectivity index (χ2v) is 7.36. The second kappa shape index (κ2) is 9.22. The third-order valence-corrected chi connectivity index (χ3v) is 4.40. The van der Waals surface area contributed by atoms with Crippen LogP contribution in [0.3, 0.4) is 0 Å². The molecule has 0 heterocycles. The van der Waals surface area contributed by atoms with Crippen LogP contribution in [-0.4, -0.2) is 49.1 Å². The lowest BCUT2D eigenvalue weighted by atomic mass is 9.84. The molecule has 0 aliphatic rings. The fraction of sp³-hybridized carbons (Fsp3) is 1.00. The quantitative estimate of drug-likeness (QED) is 0.693. The molecule has 0 saturated carbocycles. The zero-order chi connectivity index (χ0) is 14.2. The Hall–Kier alpha value is 0.270. The van der Waals surface area contributed by atoms with E-state index in [9.17, 15) is 0 Å². The van der Waals surface area contributed by atoms with Crippen LogP contribution < -0.4 is 5.32 Å². The van der Waals surface area contributed by atoms with Crippen molar-refractivity contribution < 1.29 is 0 Å². The first-order chi connectivity index (χ1) is 8.32. The highest BCUT2D eigenvalue weighted by Gasteiger charge is 2.24. The zero-order valence-electron chi connectivity index (χ0n) is 13.5. The van der Waals surface area contributed by atoms with Crippen molar-refractivity contribution in [3.8, 4) is 0 Å². The minimum absolute atomic E-state index is 0.347. The predicted molar refractivity (Wildman–Crippen MR) is 86.6 cm³/mol. The molecule has 0 aromatic heterocycles. The van der Waals surface area contributed by atoms with E-state index < -0.39 is 0 Å². The van der Waals surface area contributed by atoms with Crippen LogP contribution in [0.1, 0.15) is 47.5 Å². The molecular weight excluding hydrogens is 240 g/mol. The summed E-state index contributed by atoms with van der Waals surface area (Å²) in [6.45, 7) is 13.8. The summed E-state index contributed by atoms with van der Waals surface area (Å²) in [7, 11) is 2.26. The van der Waals surface area contributed by atoms with Crippen LogP contribution in [0.4, 0.5) is 0 Å². The van der Waals surface area contributed by atoms with Crippen LogP contribution in [0.25, 0.3) is 0 Å². The SMILES string of the molecule is CCNC(CCN(C)C(C)CCSC)C(C)(C)C. The van der Waals surface area contributed by atoms with Crippen molar-refractivity contribution in [3.63, 3.8) is 0 Å². The van der Waals surface area contributed by atoms with E-state index in [-0.39, 0.29) is 0 Å².